The van der Waals surface area contributed by atoms with Gasteiger partial charge in [0.05, 0.1) is 6.54 Å². The lowest BCUT2D eigenvalue weighted by molar-refractivity contribution is -0.136. The Morgan fingerprint density at radius 3 is 2.80 bits per heavy atom. The first-order valence-corrected chi connectivity index (χ1v) is 7.47. The monoisotopic (exact) mass is 281 g/mol. The second kappa shape index (κ2) is 8.04. The average molecular weight is 281 g/mol. The highest BCUT2D eigenvalue weighted by atomic mass is 16.4. The number of rotatable bonds is 10. The first-order chi connectivity index (χ1) is 9.50. The molecule has 1 aromatic heterocycles. The van der Waals surface area contributed by atoms with Crippen molar-refractivity contribution >= 4 is 5.97 Å². The van der Waals surface area contributed by atoms with E-state index in [0.717, 1.165) is 31.6 Å². The van der Waals surface area contributed by atoms with Crippen LogP contribution in [-0.2, 0) is 17.8 Å². The molecular formula is C15H27N3O2. The van der Waals surface area contributed by atoms with Crippen LogP contribution in [0.4, 0.5) is 0 Å². The summed E-state index contributed by atoms with van der Waals surface area (Å²) in [6.45, 7) is 7.29. The standard InChI is InChI=1S/C15H27N3O2/c1-4-6-7-9-18-10-8-16-13(18)11-15(3,5-2)17-12-14(19)20/h8,10,17H,4-7,9,11-12H2,1-3H3,(H,19,20). The Balaban J connectivity index is 2.64. The topological polar surface area (TPSA) is 67.2 Å². The van der Waals surface area contributed by atoms with E-state index in [1.807, 2.05) is 12.4 Å². The van der Waals surface area contributed by atoms with Crippen molar-refractivity contribution in [1.82, 2.24) is 14.9 Å². The summed E-state index contributed by atoms with van der Waals surface area (Å²) in [4.78, 5) is 15.2. The summed E-state index contributed by atoms with van der Waals surface area (Å²) in [5, 5.41) is 11.9. The molecule has 0 radical (unpaired) electrons. The molecule has 1 unspecified atom stereocenters. The van der Waals surface area contributed by atoms with E-state index in [1.165, 1.54) is 12.8 Å². The van der Waals surface area contributed by atoms with Gasteiger partial charge in [-0.05, 0) is 19.8 Å². The minimum atomic E-state index is -0.823. The van der Waals surface area contributed by atoms with Crippen LogP contribution in [0.3, 0.4) is 0 Å². The summed E-state index contributed by atoms with van der Waals surface area (Å²) in [6, 6.07) is 0. The lowest BCUT2D eigenvalue weighted by atomic mass is 9.94. The maximum absolute atomic E-state index is 10.7. The van der Waals surface area contributed by atoms with Gasteiger partial charge in [0.25, 0.3) is 0 Å². The van der Waals surface area contributed by atoms with Crippen molar-refractivity contribution in [3.05, 3.63) is 18.2 Å². The molecule has 0 amide bonds. The maximum Gasteiger partial charge on any atom is 0.317 e. The summed E-state index contributed by atoms with van der Waals surface area (Å²) in [5.41, 5.74) is -0.230. The molecule has 0 saturated heterocycles. The Morgan fingerprint density at radius 1 is 1.45 bits per heavy atom. The van der Waals surface area contributed by atoms with Gasteiger partial charge in [0.1, 0.15) is 5.82 Å². The minimum Gasteiger partial charge on any atom is -0.480 e. The second-order valence-electron chi connectivity index (χ2n) is 5.58. The number of nitrogens with zero attached hydrogens (tertiary/aromatic N) is 2. The number of carboxylic acids is 1. The van der Waals surface area contributed by atoms with Gasteiger partial charge in [-0.2, -0.15) is 0 Å². The molecule has 5 nitrogen and oxygen atoms in total. The molecule has 20 heavy (non-hydrogen) atoms. The summed E-state index contributed by atoms with van der Waals surface area (Å²) < 4.78 is 2.19. The Hall–Kier alpha value is -1.36. The Bertz CT molecular complexity index is 417. The fourth-order valence-corrected chi connectivity index (χ4v) is 2.19. The molecule has 0 aromatic carbocycles. The number of imidazole rings is 1. The Morgan fingerprint density at radius 2 is 2.20 bits per heavy atom. The van der Waals surface area contributed by atoms with Crippen LogP contribution in [0.15, 0.2) is 12.4 Å². The van der Waals surface area contributed by atoms with E-state index >= 15 is 0 Å². The fraction of sp³-hybridized carbons (Fsp3) is 0.733. The first kappa shape index (κ1) is 16.7. The van der Waals surface area contributed by atoms with Crippen molar-refractivity contribution in [2.45, 2.75) is 65.0 Å². The van der Waals surface area contributed by atoms with Crippen molar-refractivity contribution < 1.29 is 9.90 Å². The van der Waals surface area contributed by atoms with Crippen LogP contribution in [0.1, 0.15) is 52.3 Å². The van der Waals surface area contributed by atoms with Gasteiger partial charge in [-0.25, -0.2) is 4.98 Å². The zero-order valence-electron chi connectivity index (χ0n) is 12.9. The van der Waals surface area contributed by atoms with Crippen LogP contribution >= 0.6 is 0 Å². The van der Waals surface area contributed by atoms with E-state index in [9.17, 15) is 4.79 Å². The molecule has 1 rings (SSSR count). The van der Waals surface area contributed by atoms with Gasteiger partial charge in [-0.1, -0.05) is 26.7 Å². The second-order valence-corrected chi connectivity index (χ2v) is 5.58. The number of aromatic nitrogens is 2. The van der Waals surface area contributed by atoms with Gasteiger partial charge in [-0.15, -0.1) is 0 Å². The molecule has 0 aliphatic rings. The zero-order valence-corrected chi connectivity index (χ0v) is 12.9. The molecule has 114 valence electrons. The Labute approximate surface area is 121 Å². The van der Waals surface area contributed by atoms with Gasteiger partial charge < -0.3 is 15.0 Å². The van der Waals surface area contributed by atoms with Crippen molar-refractivity contribution in [2.75, 3.05) is 6.54 Å². The molecule has 2 N–H and O–H groups in total. The zero-order chi connectivity index (χ0) is 15.0. The molecule has 0 aliphatic heterocycles. The van der Waals surface area contributed by atoms with Crippen LogP contribution < -0.4 is 5.32 Å². The molecule has 0 spiro atoms. The average Bonchev–Trinajstić information content (AvgIpc) is 2.84. The predicted octanol–water partition coefficient (Wildman–Crippen LogP) is 2.46. The van der Waals surface area contributed by atoms with Crippen LogP contribution in [0.25, 0.3) is 0 Å². The van der Waals surface area contributed by atoms with E-state index < -0.39 is 5.97 Å². The number of nitrogens with one attached hydrogen (secondary N) is 1. The number of hydrogen-bond donors (Lipinski definition) is 2. The minimum absolute atomic E-state index is 0.0130. The van der Waals surface area contributed by atoms with E-state index in [0.29, 0.717) is 0 Å². The van der Waals surface area contributed by atoms with E-state index in [2.05, 4.69) is 35.6 Å². The van der Waals surface area contributed by atoms with Crippen LogP contribution in [0.5, 0.6) is 0 Å². The van der Waals surface area contributed by atoms with Gasteiger partial charge >= 0.3 is 5.97 Å². The number of carbonyl (C=O) groups is 1. The normalized spacial score (nSPS) is 14.2. The summed E-state index contributed by atoms with van der Waals surface area (Å²) in [7, 11) is 0. The molecule has 5 heteroatoms. The highest BCUT2D eigenvalue weighted by Crippen LogP contribution is 2.16. The van der Waals surface area contributed by atoms with Gasteiger partial charge in [0.15, 0.2) is 0 Å². The summed E-state index contributed by atoms with van der Waals surface area (Å²) >= 11 is 0. The van der Waals surface area contributed by atoms with Crippen LogP contribution in [0, 0.1) is 0 Å². The van der Waals surface area contributed by atoms with Crippen LogP contribution in [-0.4, -0.2) is 32.7 Å². The fourth-order valence-electron chi connectivity index (χ4n) is 2.19. The molecule has 0 saturated carbocycles. The predicted molar refractivity (Wildman–Crippen MR) is 79.8 cm³/mol. The largest absolute Gasteiger partial charge is 0.480 e. The molecule has 0 fully saturated rings. The number of hydrogen-bond acceptors (Lipinski definition) is 3. The third-order valence-corrected chi connectivity index (χ3v) is 3.80. The molecule has 1 aromatic rings. The quantitative estimate of drug-likeness (QED) is 0.646. The van der Waals surface area contributed by atoms with E-state index in [4.69, 9.17) is 5.11 Å². The highest BCUT2D eigenvalue weighted by molar-refractivity contribution is 5.69. The molecule has 0 bridgehead atoms. The van der Waals surface area contributed by atoms with Crippen molar-refractivity contribution in [1.29, 1.82) is 0 Å². The first-order valence-electron chi connectivity index (χ1n) is 7.47. The molecule has 1 atom stereocenters. The SMILES string of the molecule is CCCCCn1ccnc1CC(C)(CC)NCC(=O)O. The van der Waals surface area contributed by atoms with Gasteiger partial charge in [0, 0.05) is 30.9 Å². The number of aryl methyl sites for hydroxylation is 1. The van der Waals surface area contributed by atoms with Crippen molar-refractivity contribution in [3.63, 3.8) is 0 Å². The van der Waals surface area contributed by atoms with Crippen molar-refractivity contribution in [2.24, 2.45) is 0 Å². The van der Waals surface area contributed by atoms with Crippen LogP contribution in [0.2, 0.25) is 0 Å². The molecule has 0 aliphatic carbocycles. The van der Waals surface area contributed by atoms with E-state index in [-0.39, 0.29) is 12.1 Å². The lowest BCUT2D eigenvalue weighted by Crippen LogP contribution is -2.46. The highest BCUT2D eigenvalue weighted by Gasteiger charge is 2.24. The van der Waals surface area contributed by atoms with Crippen molar-refractivity contribution in [3.8, 4) is 0 Å². The smallest absolute Gasteiger partial charge is 0.317 e. The maximum atomic E-state index is 10.7. The van der Waals surface area contributed by atoms with Gasteiger partial charge in [0.2, 0.25) is 0 Å². The third kappa shape index (κ3) is 5.33. The third-order valence-electron chi connectivity index (χ3n) is 3.80. The van der Waals surface area contributed by atoms with Gasteiger partial charge in [-0.3, -0.25) is 4.79 Å². The number of aliphatic carboxylic acids is 1. The summed E-state index contributed by atoms with van der Waals surface area (Å²) in [5.74, 6) is 0.208. The molecule has 1 heterocycles. The Kier molecular flexibility index (Phi) is 6.71. The lowest BCUT2D eigenvalue weighted by Gasteiger charge is -2.29. The molecular weight excluding hydrogens is 254 g/mol. The summed E-state index contributed by atoms with van der Waals surface area (Å²) in [6.07, 6.45) is 9.03. The van der Waals surface area contributed by atoms with E-state index in [1.54, 1.807) is 0 Å². The number of unbranched alkanes of at least 4 members (excludes halogenated alkanes) is 2. The number of carboxylic acid groups (broad SMARTS) is 1.